The van der Waals surface area contributed by atoms with E-state index in [1.165, 1.54) is 31.3 Å². The van der Waals surface area contributed by atoms with E-state index in [0.29, 0.717) is 22.6 Å². The number of fused-ring (bicyclic) bond motifs is 1. The van der Waals surface area contributed by atoms with Gasteiger partial charge in [0.25, 0.3) is 11.8 Å². The van der Waals surface area contributed by atoms with E-state index in [2.05, 4.69) is 15.3 Å². The molecule has 0 spiro atoms. The van der Waals surface area contributed by atoms with Crippen LogP contribution in [0.3, 0.4) is 0 Å². The minimum Gasteiger partial charge on any atom is -0.455 e. The monoisotopic (exact) mass is 552 g/mol. The van der Waals surface area contributed by atoms with Crippen LogP contribution in [0.4, 0.5) is 14.7 Å². The number of nitrogens with zero attached hydrogens (tertiary/aromatic N) is 3. The zero-order chi connectivity index (χ0) is 28.8. The molecule has 2 amide bonds. The van der Waals surface area contributed by atoms with Crippen molar-refractivity contribution in [3.8, 4) is 22.5 Å². The van der Waals surface area contributed by atoms with E-state index in [1.807, 2.05) is 13.8 Å². The van der Waals surface area contributed by atoms with Crippen molar-refractivity contribution in [2.45, 2.75) is 32.7 Å². The van der Waals surface area contributed by atoms with Crippen LogP contribution in [0.2, 0.25) is 0 Å². The second-order valence-electron chi connectivity index (χ2n) is 10.2. The van der Waals surface area contributed by atoms with Gasteiger partial charge in [-0.15, -0.1) is 0 Å². The number of benzene rings is 3. The number of anilines is 1. The van der Waals surface area contributed by atoms with Gasteiger partial charge in [-0.25, -0.2) is 18.7 Å². The summed E-state index contributed by atoms with van der Waals surface area (Å²) in [6.45, 7) is 3.71. The van der Waals surface area contributed by atoms with E-state index < -0.39 is 17.5 Å². The highest BCUT2D eigenvalue weighted by molar-refractivity contribution is 6.12. The van der Waals surface area contributed by atoms with E-state index in [4.69, 9.17) is 4.42 Å². The van der Waals surface area contributed by atoms with Crippen molar-refractivity contribution < 1.29 is 22.8 Å². The van der Waals surface area contributed by atoms with Gasteiger partial charge in [-0.05, 0) is 91.9 Å². The largest absolute Gasteiger partial charge is 0.455 e. The van der Waals surface area contributed by atoms with Crippen molar-refractivity contribution in [2.24, 2.45) is 0 Å². The summed E-state index contributed by atoms with van der Waals surface area (Å²) in [6, 6.07) is 13.8. The number of aromatic nitrogens is 2. The Hall–Kier alpha value is -4.92. The number of aryl methyl sites for hydroxylation is 2. The molecular formula is C32H26F2N4O3. The number of nitrogens with one attached hydrogen (secondary N) is 1. The fraction of sp³-hybridized carbons (Fsp3) is 0.188. The summed E-state index contributed by atoms with van der Waals surface area (Å²) in [4.78, 5) is 37.0. The number of hydrogen-bond donors (Lipinski definition) is 1. The Labute approximate surface area is 234 Å². The van der Waals surface area contributed by atoms with E-state index in [-0.39, 0.29) is 39.8 Å². The van der Waals surface area contributed by atoms with Crippen LogP contribution >= 0.6 is 0 Å². The zero-order valence-corrected chi connectivity index (χ0v) is 22.7. The van der Waals surface area contributed by atoms with Crippen molar-refractivity contribution >= 4 is 28.7 Å². The molecule has 1 aliphatic rings. The maximum Gasteiger partial charge on any atom is 0.260 e. The molecule has 0 bridgehead atoms. The minimum absolute atomic E-state index is 0.00460. The number of halogens is 2. The lowest BCUT2D eigenvalue weighted by molar-refractivity contribution is 0.0961. The van der Waals surface area contributed by atoms with Gasteiger partial charge in [-0.1, -0.05) is 6.07 Å². The van der Waals surface area contributed by atoms with Crippen molar-refractivity contribution in [3.63, 3.8) is 0 Å². The molecule has 6 rings (SSSR count). The maximum absolute atomic E-state index is 16.4. The molecule has 0 unspecified atom stereocenters. The summed E-state index contributed by atoms with van der Waals surface area (Å²) in [5.74, 6) is -1.45. The fourth-order valence-corrected chi connectivity index (χ4v) is 4.95. The highest BCUT2D eigenvalue weighted by Gasteiger charge is 2.36. The third kappa shape index (κ3) is 4.73. The van der Waals surface area contributed by atoms with Crippen LogP contribution in [-0.4, -0.2) is 34.9 Å². The third-order valence-electron chi connectivity index (χ3n) is 7.24. The lowest BCUT2D eigenvalue weighted by Gasteiger charge is -2.21. The Morgan fingerprint density at radius 1 is 0.951 bits per heavy atom. The van der Waals surface area contributed by atoms with E-state index >= 15 is 4.39 Å². The molecule has 5 aromatic rings. The standard InChI is InChI=1S/C32H26F2N4O3/c1-17-15-36-32(37-16-17)38(22-10-11-22)31(40)20-5-4-18(2)24(14-20)23-12-13-25-26(28(23)34)27(30(39)35-3)29(41-25)19-6-8-21(33)9-7-19/h4-9,12-16,22H,10-11H2,1-3H3,(H,35,39). The first-order valence-electron chi connectivity index (χ1n) is 13.2. The van der Waals surface area contributed by atoms with Crippen molar-refractivity contribution in [1.29, 1.82) is 0 Å². The number of carbonyl (C=O) groups is 2. The average molecular weight is 553 g/mol. The summed E-state index contributed by atoms with van der Waals surface area (Å²) in [6.07, 6.45) is 5.05. The van der Waals surface area contributed by atoms with Crippen molar-refractivity contribution in [1.82, 2.24) is 15.3 Å². The van der Waals surface area contributed by atoms with Gasteiger partial charge < -0.3 is 9.73 Å². The Balaban J connectivity index is 1.47. The van der Waals surface area contributed by atoms with Crippen LogP contribution in [-0.2, 0) is 0 Å². The zero-order valence-electron chi connectivity index (χ0n) is 22.7. The maximum atomic E-state index is 16.4. The Bertz CT molecular complexity index is 1810. The van der Waals surface area contributed by atoms with Crippen LogP contribution in [0.1, 0.15) is 44.7 Å². The number of furan rings is 1. The first kappa shape index (κ1) is 26.3. The van der Waals surface area contributed by atoms with E-state index in [9.17, 15) is 14.0 Å². The second-order valence-corrected chi connectivity index (χ2v) is 10.2. The topological polar surface area (TPSA) is 88.3 Å². The molecule has 41 heavy (non-hydrogen) atoms. The summed E-state index contributed by atoms with van der Waals surface area (Å²) in [5.41, 5.74) is 3.33. The van der Waals surface area contributed by atoms with Gasteiger partial charge in [0.1, 0.15) is 23.0 Å². The van der Waals surface area contributed by atoms with Gasteiger partial charge in [0.05, 0.1) is 10.9 Å². The molecule has 3 aromatic carbocycles. The highest BCUT2D eigenvalue weighted by Crippen LogP contribution is 2.40. The molecule has 0 aliphatic heterocycles. The quantitative estimate of drug-likeness (QED) is 0.256. The molecule has 1 fully saturated rings. The number of carbonyl (C=O) groups excluding carboxylic acids is 2. The predicted octanol–water partition coefficient (Wildman–Crippen LogP) is 6.62. The van der Waals surface area contributed by atoms with Crippen molar-refractivity contribution in [2.75, 3.05) is 11.9 Å². The molecule has 0 saturated heterocycles. The number of amides is 2. The normalized spacial score (nSPS) is 12.9. The molecule has 1 aliphatic carbocycles. The molecule has 2 heterocycles. The molecule has 206 valence electrons. The molecular weight excluding hydrogens is 526 g/mol. The average Bonchev–Trinajstić information content (AvgIpc) is 3.73. The lowest BCUT2D eigenvalue weighted by atomic mass is 9.94. The van der Waals surface area contributed by atoms with Gasteiger partial charge in [0.15, 0.2) is 0 Å². The molecule has 2 aromatic heterocycles. The lowest BCUT2D eigenvalue weighted by Crippen LogP contribution is -2.34. The summed E-state index contributed by atoms with van der Waals surface area (Å²) >= 11 is 0. The van der Waals surface area contributed by atoms with Crippen LogP contribution in [0.5, 0.6) is 0 Å². The van der Waals surface area contributed by atoms with Gasteiger partial charge in [0, 0.05) is 42.2 Å². The smallest absolute Gasteiger partial charge is 0.260 e. The predicted molar refractivity (Wildman–Crippen MR) is 152 cm³/mol. The summed E-state index contributed by atoms with van der Waals surface area (Å²) in [5, 5.41) is 2.55. The van der Waals surface area contributed by atoms with Crippen LogP contribution in [0, 0.1) is 25.5 Å². The Morgan fingerprint density at radius 2 is 1.66 bits per heavy atom. The molecule has 0 atom stereocenters. The second kappa shape index (κ2) is 10.2. The number of hydrogen-bond acceptors (Lipinski definition) is 5. The van der Waals surface area contributed by atoms with Crippen LogP contribution < -0.4 is 10.2 Å². The first-order chi connectivity index (χ1) is 19.8. The Kier molecular flexibility index (Phi) is 6.57. The van der Waals surface area contributed by atoms with Gasteiger partial charge in [-0.3, -0.25) is 14.5 Å². The third-order valence-corrected chi connectivity index (χ3v) is 7.24. The van der Waals surface area contributed by atoms with Gasteiger partial charge in [0.2, 0.25) is 5.95 Å². The van der Waals surface area contributed by atoms with Gasteiger partial charge >= 0.3 is 0 Å². The van der Waals surface area contributed by atoms with E-state index in [0.717, 1.165) is 24.0 Å². The van der Waals surface area contributed by atoms with E-state index in [1.54, 1.807) is 47.6 Å². The minimum atomic E-state index is -0.660. The SMILES string of the molecule is CNC(=O)c1c(-c2ccc(F)cc2)oc2ccc(-c3cc(C(=O)N(c4ncc(C)cn4)C4CC4)ccc3C)c(F)c12. The molecule has 7 nitrogen and oxygen atoms in total. The van der Waals surface area contributed by atoms with Crippen LogP contribution in [0.15, 0.2) is 71.4 Å². The molecule has 0 radical (unpaired) electrons. The Morgan fingerprint density at radius 3 is 2.32 bits per heavy atom. The fourth-order valence-electron chi connectivity index (χ4n) is 4.95. The van der Waals surface area contributed by atoms with Crippen molar-refractivity contribution in [3.05, 3.63) is 101 Å². The summed E-state index contributed by atoms with van der Waals surface area (Å²) < 4.78 is 35.9. The highest BCUT2D eigenvalue weighted by atomic mass is 19.1. The molecule has 1 N–H and O–H groups in total. The summed E-state index contributed by atoms with van der Waals surface area (Å²) in [7, 11) is 1.44. The molecule has 9 heteroatoms. The first-order valence-corrected chi connectivity index (χ1v) is 13.2. The number of rotatable bonds is 6. The van der Waals surface area contributed by atoms with Gasteiger partial charge in [-0.2, -0.15) is 0 Å². The molecule has 1 saturated carbocycles. The van der Waals surface area contributed by atoms with Crippen LogP contribution in [0.25, 0.3) is 33.4 Å².